The molecule has 0 unspecified atom stereocenters. The molecule has 2 aliphatic rings. The zero-order valence-electron chi connectivity index (χ0n) is 17.8. The number of methoxy groups -OCH3 is 1. The smallest absolute Gasteiger partial charge is 0.230 e. The van der Waals surface area contributed by atoms with E-state index in [0.29, 0.717) is 12.3 Å². The van der Waals surface area contributed by atoms with E-state index in [9.17, 15) is 4.79 Å². The molecule has 2 saturated heterocycles. The number of carbonyl (C=O) groups excluding carboxylic acids is 1. The summed E-state index contributed by atoms with van der Waals surface area (Å²) in [6.45, 7) is 5.00. The molecule has 1 aromatic heterocycles. The second-order valence-corrected chi connectivity index (χ2v) is 8.61. The first kappa shape index (κ1) is 21.7. The van der Waals surface area contributed by atoms with E-state index < -0.39 is 0 Å². The van der Waals surface area contributed by atoms with E-state index in [0.717, 1.165) is 62.2 Å². The van der Waals surface area contributed by atoms with Crippen LogP contribution in [0.5, 0.6) is 5.75 Å². The van der Waals surface area contributed by atoms with Crippen LogP contribution < -0.4 is 19.9 Å². The van der Waals surface area contributed by atoms with Crippen LogP contribution in [0.4, 0.5) is 11.5 Å². The Morgan fingerprint density at radius 3 is 2.68 bits per heavy atom. The quantitative estimate of drug-likeness (QED) is 0.491. The summed E-state index contributed by atoms with van der Waals surface area (Å²) in [5.41, 5.74) is 1.20. The molecule has 3 heterocycles. The number of anilines is 2. The van der Waals surface area contributed by atoms with Gasteiger partial charge in [0.2, 0.25) is 5.91 Å². The van der Waals surface area contributed by atoms with E-state index in [1.165, 1.54) is 17.4 Å². The fourth-order valence-electron chi connectivity index (χ4n) is 3.79. The number of amides is 1. The van der Waals surface area contributed by atoms with E-state index in [1.54, 1.807) is 13.4 Å². The number of benzene rings is 1. The molecule has 8 nitrogen and oxygen atoms in total. The van der Waals surface area contributed by atoms with Gasteiger partial charge in [0.15, 0.2) is 0 Å². The lowest BCUT2D eigenvalue weighted by molar-refractivity contribution is -0.119. The molecule has 166 valence electrons. The van der Waals surface area contributed by atoms with Gasteiger partial charge in [-0.3, -0.25) is 4.79 Å². The highest BCUT2D eigenvalue weighted by atomic mass is 32.2. The number of thioether (sulfide) groups is 1. The minimum atomic E-state index is 0.00812. The van der Waals surface area contributed by atoms with E-state index >= 15 is 0 Å². The maximum Gasteiger partial charge on any atom is 0.230 e. The summed E-state index contributed by atoms with van der Waals surface area (Å²) < 4.78 is 10.8. The Kier molecular flexibility index (Phi) is 7.48. The number of ether oxygens (including phenoxy) is 2. The molecule has 1 atom stereocenters. The summed E-state index contributed by atoms with van der Waals surface area (Å²) >= 11 is 1.44. The Morgan fingerprint density at radius 2 is 1.97 bits per heavy atom. The Balaban J connectivity index is 1.24. The lowest BCUT2D eigenvalue weighted by Gasteiger charge is -2.36. The first-order chi connectivity index (χ1) is 15.2. The number of piperazine rings is 1. The molecule has 2 aromatic rings. The van der Waals surface area contributed by atoms with Crippen LogP contribution in [0.25, 0.3) is 0 Å². The SMILES string of the molecule is COc1ccc(N2CCN(c3cc(SCC(=O)NC[C@@H]4CCCO4)ncn3)CC2)cc1. The predicted molar refractivity (Wildman–Crippen MR) is 122 cm³/mol. The third-order valence-corrected chi connectivity index (χ3v) is 6.50. The fourth-order valence-corrected chi connectivity index (χ4v) is 4.48. The van der Waals surface area contributed by atoms with Gasteiger partial charge in [0.05, 0.1) is 19.0 Å². The number of hydrogen-bond donors (Lipinski definition) is 1. The first-order valence-corrected chi connectivity index (χ1v) is 11.7. The largest absolute Gasteiger partial charge is 0.497 e. The van der Waals surface area contributed by atoms with E-state index in [2.05, 4.69) is 37.2 Å². The van der Waals surface area contributed by atoms with Crippen LogP contribution in [0, 0.1) is 0 Å². The van der Waals surface area contributed by atoms with Crippen molar-refractivity contribution >= 4 is 29.2 Å². The fraction of sp³-hybridized carbons (Fsp3) is 0.500. The molecule has 1 N–H and O–H groups in total. The van der Waals surface area contributed by atoms with Crippen molar-refractivity contribution < 1.29 is 14.3 Å². The van der Waals surface area contributed by atoms with Crippen molar-refractivity contribution in [1.82, 2.24) is 15.3 Å². The molecular weight excluding hydrogens is 414 g/mol. The second-order valence-electron chi connectivity index (χ2n) is 7.61. The van der Waals surface area contributed by atoms with Crippen LogP contribution in [0.3, 0.4) is 0 Å². The lowest BCUT2D eigenvalue weighted by atomic mass is 10.2. The molecule has 0 aliphatic carbocycles. The zero-order valence-corrected chi connectivity index (χ0v) is 18.6. The standard InChI is InChI=1S/C22H29N5O3S/c1-29-18-6-4-17(5-7-18)26-8-10-27(11-9-26)20-13-22(25-16-24-20)31-15-21(28)23-14-19-3-2-12-30-19/h4-7,13,16,19H,2-3,8-12,14-15H2,1H3,(H,23,28)/t19-/m0/s1. The number of nitrogens with zero attached hydrogens (tertiary/aromatic N) is 4. The van der Waals surface area contributed by atoms with Gasteiger partial charge in [-0.25, -0.2) is 9.97 Å². The molecule has 9 heteroatoms. The zero-order chi connectivity index (χ0) is 21.5. The van der Waals surface area contributed by atoms with Gasteiger partial charge < -0.3 is 24.6 Å². The average Bonchev–Trinajstić information content (AvgIpc) is 3.36. The highest BCUT2D eigenvalue weighted by molar-refractivity contribution is 7.99. The number of hydrogen-bond acceptors (Lipinski definition) is 8. The van der Waals surface area contributed by atoms with Gasteiger partial charge in [0, 0.05) is 51.1 Å². The van der Waals surface area contributed by atoms with Crippen LogP contribution in [0.2, 0.25) is 0 Å². The molecule has 0 radical (unpaired) electrons. The average molecular weight is 444 g/mol. The van der Waals surface area contributed by atoms with E-state index in [-0.39, 0.29) is 12.0 Å². The Bertz CT molecular complexity index is 852. The third-order valence-electron chi connectivity index (χ3n) is 5.57. The van der Waals surface area contributed by atoms with Gasteiger partial charge in [-0.2, -0.15) is 0 Å². The molecular formula is C22H29N5O3S. The molecule has 1 amide bonds. The van der Waals surface area contributed by atoms with Crippen LogP contribution in [-0.4, -0.2) is 74.2 Å². The highest BCUT2D eigenvalue weighted by Gasteiger charge is 2.19. The summed E-state index contributed by atoms with van der Waals surface area (Å²) in [7, 11) is 1.68. The summed E-state index contributed by atoms with van der Waals surface area (Å²) in [5, 5.41) is 3.76. The molecule has 31 heavy (non-hydrogen) atoms. The molecule has 0 spiro atoms. The second kappa shape index (κ2) is 10.7. The lowest BCUT2D eigenvalue weighted by Crippen LogP contribution is -2.46. The van der Waals surface area contributed by atoms with Crippen molar-refractivity contribution in [3.8, 4) is 5.75 Å². The molecule has 0 saturated carbocycles. The van der Waals surface area contributed by atoms with E-state index in [4.69, 9.17) is 9.47 Å². The van der Waals surface area contributed by atoms with E-state index in [1.807, 2.05) is 18.2 Å². The maximum absolute atomic E-state index is 12.1. The van der Waals surface area contributed by atoms with Gasteiger partial charge in [-0.1, -0.05) is 11.8 Å². The molecule has 2 fully saturated rings. The minimum absolute atomic E-state index is 0.00812. The topological polar surface area (TPSA) is 79.8 Å². The normalized spacial score (nSPS) is 18.8. The summed E-state index contributed by atoms with van der Waals surface area (Å²) in [4.78, 5) is 25.5. The summed E-state index contributed by atoms with van der Waals surface area (Å²) in [6.07, 6.45) is 3.84. The molecule has 0 bridgehead atoms. The maximum atomic E-state index is 12.1. The molecule has 1 aromatic carbocycles. The van der Waals surface area contributed by atoms with Crippen molar-refractivity contribution in [3.05, 3.63) is 36.7 Å². The van der Waals surface area contributed by atoms with Crippen molar-refractivity contribution in [1.29, 1.82) is 0 Å². The Hall–Kier alpha value is -2.52. The number of nitrogens with one attached hydrogen (secondary N) is 1. The molecule has 2 aliphatic heterocycles. The van der Waals surface area contributed by atoms with Crippen molar-refractivity contribution in [3.63, 3.8) is 0 Å². The summed E-state index contributed by atoms with van der Waals surface area (Å²) in [5.74, 6) is 2.13. The first-order valence-electron chi connectivity index (χ1n) is 10.7. The van der Waals surface area contributed by atoms with Crippen LogP contribution in [0.15, 0.2) is 41.7 Å². The van der Waals surface area contributed by atoms with Crippen molar-refractivity contribution in [2.75, 3.05) is 62.0 Å². The highest BCUT2D eigenvalue weighted by Crippen LogP contribution is 2.24. The van der Waals surface area contributed by atoms with Crippen LogP contribution >= 0.6 is 11.8 Å². The summed E-state index contributed by atoms with van der Waals surface area (Å²) in [6, 6.07) is 10.1. The Labute approximate surface area is 187 Å². The minimum Gasteiger partial charge on any atom is -0.497 e. The number of aromatic nitrogens is 2. The predicted octanol–water partition coefficient (Wildman–Crippen LogP) is 2.20. The monoisotopic (exact) mass is 443 g/mol. The van der Waals surface area contributed by atoms with Gasteiger partial charge in [-0.15, -0.1) is 0 Å². The number of carbonyl (C=O) groups is 1. The van der Waals surface area contributed by atoms with Gasteiger partial charge in [-0.05, 0) is 37.1 Å². The van der Waals surface area contributed by atoms with Crippen molar-refractivity contribution in [2.45, 2.75) is 24.0 Å². The van der Waals surface area contributed by atoms with Gasteiger partial charge in [0.25, 0.3) is 0 Å². The Morgan fingerprint density at radius 1 is 1.19 bits per heavy atom. The van der Waals surface area contributed by atoms with Crippen molar-refractivity contribution in [2.24, 2.45) is 0 Å². The van der Waals surface area contributed by atoms with Crippen LogP contribution in [0.1, 0.15) is 12.8 Å². The molecule has 4 rings (SSSR count). The third kappa shape index (κ3) is 6.01. The van der Waals surface area contributed by atoms with Gasteiger partial charge >= 0.3 is 0 Å². The van der Waals surface area contributed by atoms with Crippen LogP contribution in [-0.2, 0) is 9.53 Å². The van der Waals surface area contributed by atoms with Gasteiger partial charge in [0.1, 0.15) is 22.9 Å². The number of rotatable bonds is 8.